The number of amides is 1. The highest BCUT2D eigenvalue weighted by Gasteiger charge is 2.31. The van der Waals surface area contributed by atoms with Gasteiger partial charge in [-0.2, -0.15) is 13.2 Å². The van der Waals surface area contributed by atoms with Crippen LogP contribution in [0.15, 0.2) is 60.8 Å². The minimum absolute atomic E-state index is 0.0697. The van der Waals surface area contributed by atoms with Crippen molar-refractivity contribution in [3.8, 4) is 0 Å². The van der Waals surface area contributed by atoms with E-state index in [4.69, 9.17) is 0 Å². The maximum absolute atomic E-state index is 12.9. The van der Waals surface area contributed by atoms with Crippen molar-refractivity contribution in [3.05, 3.63) is 71.9 Å². The second-order valence-corrected chi connectivity index (χ2v) is 6.50. The smallest absolute Gasteiger partial charge is 0.381 e. The lowest BCUT2D eigenvalue weighted by Crippen LogP contribution is -2.16. The molecule has 4 rings (SSSR count). The van der Waals surface area contributed by atoms with E-state index in [1.807, 2.05) is 24.3 Å². The maximum Gasteiger partial charge on any atom is 0.416 e. The highest BCUT2D eigenvalue weighted by atomic mass is 19.4. The van der Waals surface area contributed by atoms with Crippen LogP contribution in [0.25, 0.3) is 16.5 Å². The number of nitrogens with zero attached hydrogens (tertiary/aromatic N) is 1. The summed E-state index contributed by atoms with van der Waals surface area (Å²) in [6.07, 6.45) is -0.836. The Bertz CT molecular complexity index is 1090. The summed E-state index contributed by atoms with van der Waals surface area (Å²) >= 11 is 0. The normalized spacial score (nSPS) is 13.5. The molecule has 0 radical (unpaired) electrons. The Balaban J connectivity index is 1.51. The first kappa shape index (κ1) is 18.0. The van der Waals surface area contributed by atoms with Gasteiger partial charge in [-0.25, -0.2) is 0 Å². The topological polar surface area (TPSA) is 54.0 Å². The number of halogens is 3. The summed E-state index contributed by atoms with van der Waals surface area (Å²) in [4.78, 5) is 16.7. The van der Waals surface area contributed by atoms with Crippen LogP contribution in [0.2, 0.25) is 0 Å². The molecule has 1 aliphatic rings. The Kier molecular flexibility index (Phi) is 4.50. The predicted molar refractivity (Wildman–Crippen MR) is 103 cm³/mol. The van der Waals surface area contributed by atoms with Gasteiger partial charge in [0.05, 0.1) is 17.5 Å². The van der Waals surface area contributed by atoms with Crippen LogP contribution in [0.3, 0.4) is 0 Å². The van der Waals surface area contributed by atoms with E-state index in [0.29, 0.717) is 29.1 Å². The number of anilines is 2. The lowest BCUT2D eigenvalue weighted by molar-refractivity contribution is -0.137. The van der Waals surface area contributed by atoms with Crippen molar-refractivity contribution >= 4 is 33.8 Å². The first-order chi connectivity index (χ1) is 13.4. The van der Waals surface area contributed by atoms with E-state index in [1.54, 1.807) is 18.3 Å². The Morgan fingerprint density at radius 3 is 2.82 bits per heavy atom. The Morgan fingerprint density at radius 1 is 1.14 bits per heavy atom. The van der Waals surface area contributed by atoms with E-state index >= 15 is 0 Å². The lowest BCUT2D eigenvalue weighted by atomic mass is 9.95. The molecule has 0 fully saturated rings. The Hall–Kier alpha value is -3.35. The molecule has 0 aliphatic carbocycles. The standard InChI is InChI=1S/C21H16F3N3O/c22-21(23,24)15-4-6-17-14(7-9-26-19(17)11-15)10-20(28)27-16-5-3-13-2-1-8-25-18(13)12-16/h1-8,11-12,26H,9-10H2,(H,27,28). The largest absolute Gasteiger partial charge is 0.416 e. The molecule has 1 aromatic heterocycles. The number of hydrogen-bond acceptors (Lipinski definition) is 3. The minimum Gasteiger partial charge on any atom is -0.381 e. The molecule has 3 aromatic rings. The molecule has 0 spiro atoms. The fraction of sp³-hybridized carbons (Fsp3) is 0.143. The quantitative estimate of drug-likeness (QED) is 0.662. The van der Waals surface area contributed by atoms with E-state index in [2.05, 4.69) is 15.6 Å². The van der Waals surface area contributed by atoms with Crippen molar-refractivity contribution in [3.63, 3.8) is 0 Å². The van der Waals surface area contributed by atoms with Crippen LogP contribution in [0.5, 0.6) is 0 Å². The van der Waals surface area contributed by atoms with Crippen LogP contribution >= 0.6 is 0 Å². The molecule has 1 aliphatic heterocycles. The molecule has 142 valence electrons. The molecule has 7 heteroatoms. The summed E-state index contributed by atoms with van der Waals surface area (Å²) in [5.74, 6) is -0.241. The number of aromatic nitrogens is 1. The first-order valence-corrected chi connectivity index (χ1v) is 8.69. The van der Waals surface area contributed by atoms with Gasteiger partial charge in [-0.1, -0.05) is 24.3 Å². The van der Waals surface area contributed by atoms with Gasteiger partial charge in [-0.3, -0.25) is 9.78 Å². The molecule has 1 amide bonds. The molecular formula is C21H16F3N3O. The Morgan fingerprint density at radius 2 is 2.00 bits per heavy atom. The second-order valence-electron chi connectivity index (χ2n) is 6.50. The van der Waals surface area contributed by atoms with Crippen molar-refractivity contribution < 1.29 is 18.0 Å². The zero-order valence-electron chi connectivity index (χ0n) is 14.7. The van der Waals surface area contributed by atoms with Gasteiger partial charge in [0.25, 0.3) is 0 Å². The molecule has 0 unspecified atom stereocenters. The van der Waals surface area contributed by atoms with Gasteiger partial charge in [0.2, 0.25) is 5.91 Å². The molecule has 28 heavy (non-hydrogen) atoms. The molecule has 0 atom stereocenters. The van der Waals surface area contributed by atoms with Crippen LogP contribution in [0.4, 0.5) is 24.5 Å². The number of rotatable bonds is 3. The summed E-state index contributed by atoms with van der Waals surface area (Å²) in [6.45, 7) is 0.372. The van der Waals surface area contributed by atoms with Crippen molar-refractivity contribution in [1.29, 1.82) is 0 Å². The molecule has 2 aromatic carbocycles. The number of pyridine rings is 1. The third-order valence-electron chi connectivity index (χ3n) is 4.57. The lowest BCUT2D eigenvalue weighted by Gasteiger charge is -2.21. The highest BCUT2D eigenvalue weighted by Crippen LogP contribution is 2.36. The van der Waals surface area contributed by atoms with Gasteiger partial charge in [0, 0.05) is 35.1 Å². The summed E-state index contributed by atoms with van der Waals surface area (Å²) in [5, 5.41) is 6.73. The summed E-state index contributed by atoms with van der Waals surface area (Å²) in [5.41, 5.74) is 2.36. The summed E-state index contributed by atoms with van der Waals surface area (Å²) < 4.78 is 38.7. The fourth-order valence-corrected chi connectivity index (χ4v) is 3.23. The number of nitrogens with one attached hydrogen (secondary N) is 2. The third-order valence-corrected chi connectivity index (χ3v) is 4.57. The van der Waals surface area contributed by atoms with Gasteiger partial charge in [-0.05, 0) is 35.9 Å². The Labute approximate surface area is 159 Å². The van der Waals surface area contributed by atoms with E-state index in [-0.39, 0.29) is 12.3 Å². The maximum atomic E-state index is 12.9. The predicted octanol–water partition coefficient (Wildman–Crippen LogP) is 5.09. The zero-order chi connectivity index (χ0) is 19.7. The SMILES string of the molecule is O=C(CC1=CCNc2cc(C(F)(F)F)ccc21)Nc1ccc2cccnc2c1. The van der Waals surface area contributed by atoms with Gasteiger partial charge in [0.1, 0.15) is 0 Å². The molecule has 0 bridgehead atoms. The van der Waals surface area contributed by atoms with Crippen LogP contribution in [0.1, 0.15) is 17.5 Å². The zero-order valence-corrected chi connectivity index (χ0v) is 14.7. The van der Waals surface area contributed by atoms with Gasteiger partial charge >= 0.3 is 6.18 Å². The molecule has 2 heterocycles. The number of carbonyl (C=O) groups is 1. The van der Waals surface area contributed by atoms with Crippen LogP contribution in [0, 0.1) is 0 Å². The number of fused-ring (bicyclic) bond motifs is 2. The van der Waals surface area contributed by atoms with Crippen molar-refractivity contribution in [2.75, 3.05) is 17.2 Å². The molecule has 4 nitrogen and oxygen atoms in total. The third kappa shape index (κ3) is 3.69. The molecular weight excluding hydrogens is 367 g/mol. The minimum atomic E-state index is -4.40. The van der Waals surface area contributed by atoms with Crippen molar-refractivity contribution in [1.82, 2.24) is 4.98 Å². The number of hydrogen-bond donors (Lipinski definition) is 2. The molecule has 0 saturated heterocycles. The van der Waals surface area contributed by atoms with E-state index in [1.165, 1.54) is 6.07 Å². The average molecular weight is 383 g/mol. The number of carbonyl (C=O) groups excluding carboxylic acids is 1. The second kappa shape index (κ2) is 6.99. The van der Waals surface area contributed by atoms with Crippen LogP contribution in [-0.2, 0) is 11.0 Å². The summed E-state index contributed by atoms with van der Waals surface area (Å²) in [7, 11) is 0. The monoisotopic (exact) mass is 383 g/mol. The van der Waals surface area contributed by atoms with Gasteiger partial charge < -0.3 is 10.6 Å². The van der Waals surface area contributed by atoms with E-state index < -0.39 is 11.7 Å². The first-order valence-electron chi connectivity index (χ1n) is 8.69. The van der Waals surface area contributed by atoms with Gasteiger partial charge in [-0.15, -0.1) is 0 Å². The highest BCUT2D eigenvalue weighted by molar-refractivity contribution is 6.00. The van der Waals surface area contributed by atoms with Crippen LogP contribution in [-0.4, -0.2) is 17.4 Å². The fourth-order valence-electron chi connectivity index (χ4n) is 3.23. The van der Waals surface area contributed by atoms with Gasteiger partial charge in [0.15, 0.2) is 0 Å². The molecule has 2 N–H and O–H groups in total. The van der Waals surface area contributed by atoms with Crippen molar-refractivity contribution in [2.24, 2.45) is 0 Å². The van der Waals surface area contributed by atoms with E-state index in [9.17, 15) is 18.0 Å². The van der Waals surface area contributed by atoms with E-state index in [0.717, 1.165) is 23.0 Å². The van der Waals surface area contributed by atoms with Crippen molar-refractivity contribution in [2.45, 2.75) is 12.6 Å². The average Bonchev–Trinajstić information content (AvgIpc) is 2.67. The number of alkyl halides is 3. The van der Waals surface area contributed by atoms with Crippen LogP contribution < -0.4 is 10.6 Å². The molecule has 0 saturated carbocycles. The number of benzene rings is 2. The summed E-state index contributed by atoms with van der Waals surface area (Å²) in [6, 6.07) is 12.7.